The van der Waals surface area contributed by atoms with Crippen LogP contribution in [0.3, 0.4) is 0 Å². The van der Waals surface area contributed by atoms with Gasteiger partial charge in [0.25, 0.3) is 0 Å². The van der Waals surface area contributed by atoms with Crippen molar-refractivity contribution in [1.82, 2.24) is 0 Å². The molecule has 1 heterocycles. The number of allylic oxidation sites excluding steroid dienone is 1. The van der Waals surface area contributed by atoms with E-state index in [1.807, 2.05) is 0 Å². The van der Waals surface area contributed by atoms with Crippen LogP contribution in [0.2, 0.25) is 5.02 Å². The number of phenols is 1. The van der Waals surface area contributed by atoms with Crippen molar-refractivity contribution in [2.24, 2.45) is 5.73 Å². The lowest BCUT2D eigenvalue weighted by molar-refractivity contribution is 0.326. The second-order valence-electron chi connectivity index (χ2n) is 5.78. The number of nitrogens with zero attached hydrogens (tertiary/aromatic N) is 1. The van der Waals surface area contributed by atoms with E-state index in [9.17, 15) is 10.4 Å². The van der Waals surface area contributed by atoms with Crippen molar-refractivity contribution in [2.45, 2.75) is 5.92 Å². The second-order valence-corrected chi connectivity index (χ2v) is 6.19. The predicted octanol–water partition coefficient (Wildman–Crippen LogP) is 3.84. The summed E-state index contributed by atoms with van der Waals surface area (Å²) in [5, 5.41) is 19.7. The molecule has 0 spiro atoms. The first-order valence-corrected chi connectivity index (χ1v) is 8.39. The van der Waals surface area contributed by atoms with E-state index in [-0.39, 0.29) is 23.8 Å². The molecule has 0 radical (unpaired) electrons. The highest BCUT2D eigenvalue weighted by molar-refractivity contribution is 6.32. The lowest BCUT2D eigenvalue weighted by Gasteiger charge is -2.27. The Kier molecular flexibility index (Phi) is 5.15. The van der Waals surface area contributed by atoms with Gasteiger partial charge in [-0.1, -0.05) is 30.3 Å². The Morgan fingerprint density at radius 1 is 1.41 bits per heavy atom. The molecule has 0 fully saturated rings. The zero-order chi connectivity index (χ0) is 19.6. The Bertz CT molecular complexity index is 979. The molecule has 1 aliphatic heterocycles. The highest BCUT2D eigenvalue weighted by Gasteiger charge is 2.32. The first-order chi connectivity index (χ1) is 13.0. The third kappa shape index (κ3) is 3.37. The van der Waals surface area contributed by atoms with Gasteiger partial charge in [0.15, 0.2) is 11.5 Å². The first-order valence-electron chi connectivity index (χ1n) is 8.01. The summed E-state index contributed by atoms with van der Waals surface area (Å²) in [6, 6.07) is 10.2. The average molecular weight is 385 g/mol. The monoisotopic (exact) mass is 384 g/mol. The lowest BCUT2D eigenvalue weighted by Crippen LogP contribution is -2.21. The maximum atomic E-state index is 9.73. The van der Waals surface area contributed by atoms with Crippen LogP contribution in [-0.4, -0.2) is 18.8 Å². The minimum Gasteiger partial charge on any atom is -0.508 e. The van der Waals surface area contributed by atoms with Crippen LogP contribution in [0, 0.1) is 11.3 Å². The average Bonchev–Trinajstić information content (AvgIpc) is 2.65. The minimum atomic E-state index is -0.529. The molecule has 3 rings (SSSR count). The van der Waals surface area contributed by atoms with E-state index in [4.69, 9.17) is 31.5 Å². The number of hydrogen-bond acceptors (Lipinski definition) is 6. The molecule has 1 atom stereocenters. The number of aromatic hydroxyl groups is 1. The van der Waals surface area contributed by atoms with Crippen molar-refractivity contribution in [1.29, 1.82) is 5.26 Å². The van der Waals surface area contributed by atoms with Crippen molar-refractivity contribution in [3.8, 4) is 29.1 Å². The van der Waals surface area contributed by atoms with E-state index in [1.165, 1.54) is 19.2 Å². The van der Waals surface area contributed by atoms with Crippen molar-refractivity contribution >= 4 is 11.6 Å². The van der Waals surface area contributed by atoms with Gasteiger partial charge in [-0.2, -0.15) is 5.26 Å². The molecule has 6 nitrogen and oxygen atoms in total. The second kappa shape index (κ2) is 7.52. The quantitative estimate of drug-likeness (QED) is 0.760. The van der Waals surface area contributed by atoms with Crippen LogP contribution in [0.5, 0.6) is 23.0 Å². The van der Waals surface area contributed by atoms with Crippen LogP contribution in [0.15, 0.2) is 54.4 Å². The van der Waals surface area contributed by atoms with Crippen molar-refractivity contribution in [2.75, 3.05) is 13.7 Å². The Morgan fingerprint density at radius 3 is 2.85 bits per heavy atom. The van der Waals surface area contributed by atoms with Crippen molar-refractivity contribution in [3.63, 3.8) is 0 Å². The molecular weight excluding hydrogens is 368 g/mol. The lowest BCUT2D eigenvalue weighted by atomic mass is 9.83. The van der Waals surface area contributed by atoms with Gasteiger partial charge in [-0.15, -0.1) is 0 Å². The van der Waals surface area contributed by atoms with Crippen LogP contribution in [0.25, 0.3) is 0 Å². The SMILES string of the molecule is C=CCOc1c(Cl)cc([C@H]2C(C#N)=C(N)Oc3cc(O)ccc32)cc1OC. The Labute approximate surface area is 161 Å². The van der Waals surface area contributed by atoms with Gasteiger partial charge in [-0.25, -0.2) is 0 Å². The molecule has 27 heavy (non-hydrogen) atoms. The van der Waals surface area contributed by atoms with Crippen LogP contribution < -0.4 is 19.9 Å². The molecule has 0 bridgehead atoms. The molecule has 0 saturated heterocycles. The number of halogens is 1. The van der Waals surface area contributed by atoms with Crippen LogP contribution in [0.4, 0.5) is 0 Å². The van der Waals surface area contributed by atoms with Crippen molar-refractivity contribution < 1.29 is 19.3 Å². The van der Waals surface area contributed by atoms with E-state index in [1.54, 1.807) is 24.3 Å². The van der Waals surface area contributed by atoms with Crippen LogP contribution >= 0.6 is 11.6 Å². The van der Waals surface area contributed by atoms with E-state index in [0.29, 0.717) is 33.4 Å². The zero-order valence-corrected chi connectivity index (χ0v) is 15.3. The Balaban J connectivity index is 2.18. The predicted molar refractivity (Wildman–Crippen MR) is 101 cm³/mol. The van der Waals surface area contributed by atoms with Gasteiger partial charge in [-0.3, -0.25) is 0 Å². The van der Waals surface area contributed by atoms with E-state index in [2.05, 4.69) is 12.6 Å². The van der Waals surface area contributed by atoms with Gasteiger partial charge in [-0.05, 0) is 23.8 Å². The number of ether oxygens (including phenoxy) is 3. The number of fused-ring (bicyclic) bond motifs is 1. The third-order valence-electron chi connectivity index (χ3n) is 4.13. The minimum absolute atomic E-state index is 0.0253. The molecule has 0 aromatic heterocycles. The standard InChI is InChI=1S/C20H17ClN2O4/c1-3-6-26-19-15(21)7-11(8-17(19)25-2)18-13-5-4-12(24)9-16(13)27-20(23)14(18)10-22/h3-5,7-9,18,24H,1,6,23H2,2H3/t18-/m1/s1. The molecule has 0 unspecified atom stereocenters. The fraction of sp³-hybridized carbons (Fsp3) is 0.150. The molecule has 3 N–H and O–H groups in total. The Hall–Kier alpha value is -3.30. The fourth-order valence-electron chi connectivity index (χ4n) is 2.98. The van der Waals surface area contributed by atoms with Gasteiger partial charge >= 0.3 is 0 Å². The van der Waals surface area contributed by atoms with E-state index < -0.39 is 5.92 Å². The van der Waals surface area contributed by atoms with Crippen molar-refractivity contribution in [3.05, 3.63) is 70.6 Å². The van der Waals surface area contributed by atoms with Crippen LogP contribution in [0.1, 0.15) is 17.0 Å². The van der Waals surface area contributed by atoms with Gasteiger partial charge in [0.1, 0.15) is 29.7 Å². The summed E-state index contributed by atoms with van der Waals surface area (Å²) >= 11 is 6.41. The van der Waals surface area contributed by atoms with Crippen LogP contribution in [-0.2, 0) is 0 Å². The van der Waals surface area contributed by atoms with Gasteiger partial charge in [0, 0.05) is 11.6 Å². The number of nitriles is 1. The summed E-state index contributed by atoms with van der Waals surface area (Å²) in [6.45, 7) is 3.88. The maximum Gasteiger partial charge on any atom is 0.205 e. The summed E-state index contributed by atoms with van der Waals surface area (Å²) < 4.78 is 16.5. The topological polar surface area (TPSA) is 97.7 Å². The molecule has 0 amide bonds. The number of phenolic OH excluding ortho intramolecular Hbond substituents is 1. The molecule has 1 aliphatic rings. The van der Waals surface area contributed by atoms with E-state index in [0.717, 1.165) is 0 Å². The summed E-state index contributed by atoms with van der Waals surface area (Å²) in [5.41, 5.74) is 7.54. The molecule has 2 aromatic carbocycles. The first kappa shape index (κ1) is 18.5. The van der Waals surface area contributed by atoms with Gasteiger partial charge < -0.3 is 25.1 Å². The highest BCUT2D eigenvalue weighted by Crippen LogP contribution is 2.46. The zero-order valence-electron chi connectivity index (χ0n) is 14.5. The van der Waals surface area contributed by atoms with E-state index >= 15 is 0 Å². The number of hydrogen-bond donors (Lipinski definition) is 2. The number of nitrogens with two attached hydrogens (primary N) is 1. The summed E-state index contributed by atoms with van der Waals surface area (Å²) in [5.74, 6) is 0.656. The summed E-state index contributed by atoms with van der Waals surface area (Å²) in [7, 11) is 1.50. The highest BCUT2D eigenvalue weighted by atomic mass is 35.5. The molecular formula is C20H17ClN2O4. The van der Waals surface area contributed by atoms with Gasteiger partial charge in [0.2, 0.25) is 5.88 Å². The molecule has 0 aliphatic carbocycles. The molecule has 7 heteroatoms. The third-order valence-corrected chi connectivity index (χ3v) is 4.41. The molecule has 0 saturated carbocycles. The number of benzene rings is 2. The smallest absolute Gasteiger partial charge is 0.205 e. The molecule has 2 aromatic rings. The Morgan fingerprint density at radius 2 is 2.19 bits per heavy atom. The largest absolute Gasteiger partial charge is 0.508 e. The summed E-state index contributed by atoms with van der Waals surface area (Å²) in [4.78, 5) is 0. The number of methoxy groups -OCH3 is 1. The van der Waals surface area contributed by atoms with Gasteiger partial charge in [0.05, 0.1) is 18.1 Å². The molecule has 138 valence electrons. The fourth-order valence-corrected chi connectivity index (χ4v) is 3.25. The normalized spacial score (nSPS) is 15.4. The maximum absolute atomic E-state index is 9.73. The number of rotatable bonds is 5. The summed E-state index contributed by atoms with van der Waals surface area (Å²) in [6.07, 6.45) is 1.60.